The molecule has 0 aliphatic heterocycles. The van der Waals surface area contributed by atoms with Gasteiger partial charge in [-0.3, -0.25) is 4.79 Å². The first-order valence-corrected chi connectivity index (χ1v) is 11.5. The van der Waals surface area contributed by atoms with Crippen molar-refractivity contribution in [3.8, 4) is 0 Å². The second-order valence-electron chi connectivity index (χ2n) is 6.14. The van der Waals surface area contributed by atoms with E-state index < -0.39 is 9.84 Å². The average Bonchev–Trinajstić information content (AvgIpc) is 2.99. The summed E-state index contributed by atoms with van der Waals surface area (Å²) >= 11 is 7.41. The Bertz CT molecular complexity index is 1180. The number of amides is 1. The van der Waals surface area contributed by atoms with Gasteiger partial charge in [0.25, 0.3) is 0 Å². The summed E-state index contributed by atoms with van der Waals surface area (Å²) in [5.41, 5.74) is 0.924. The maximum atomic E-state index is 12.3. The molecule has 0 atom stereocenters. The van der Waals surface area contributed by atoms with E-state index in [1.807, 2.05) is 16.7 Å². The van der Waals surface area contributed by atoms with Crippen molar-refractivity contribution in [3.63, 3.8) is 0 Å². The fourth-order valence-electron chi connectivity index (χ4n) is 2.76. The summed E-state index contributed by atoms with van der Waals surface area (Å²) < 4.78 is 27.4. The number of benzene rings is 2. The van der Waals surface area contributed by atoms with Crippen molar-refractivity contribution in [2.45, 2.75) is 24.3 Å². The van der Waals surface area contributed by atoms with E-state index >= 15 is 0 Å². The standard InChI is InChI=1S/C20H19ClN2O3S2/c1-2-12-23-17-11-10-15(21)14-18(17)27-20(23)22-19(24)9-6-13-28(25,26)16-7-4-3-5-8-16/h2-5,7-8,10-11,14H,1,6,9,12-13H2. The molecule has 2 aromatic carbocycles. The molecule has 0 aliphatic carbocycles. The first kappa shape index (κ1) is 20.5. The van der Waals surface area contributed by atoms with Crippen molar-refractivity contribution in [2.75, 3.05) is 5.75 Å². The van der Waals surface area contributed by atoms with Crippen LogP contribution in [0, 0.1) is 0 Å². The predicted octanol–water partition coefficient (Wildman–Crippen LogP) is 4.22. The minimum absolute atomic E-state index is 0.0646. The first-order chi connectivity index (χ1) is 13.4. The quantitative estimate of drug-likeness (QED) is 0.522. The number of fused-ring (bicyclic) bond motifs is 1. The Balaban J connectivity index is 1.76. The largest absolute Gasteiger partial charge is 0.313 e. The number of halogens is 1. The number of hydrogen-bond donors (Lipinski definition) is 0. The molecule has 0 unspecified atom stereocenters. The van der Waals surface area contributed by atoms with Gasteiger partial charge in [0.05, 0.1) is 20.9 Å². The van der Waals surface area contributed by atoms with Crippen molar-refractivity contribution in [1.29, 1.82) is 0 Å². The van der Waals surface area contributed by atoms with Crippen LogP contribution < -0.4 is 4.80 Å². The molecule has 1 amide bonds. The van der Waals surface area contributed by atoms with E-state index in [-0.39, 0.29) is 29.4 Å². The van der Waals surface area contributed by atoms with Gasteiger partial charge in [0.15, 0.2) is 14.6 Å². The number of carbonyl (C=O) groups excluding carboxylic acids is 1. The van der Waals surface area contributed by atoms with E-state index in [0.717, 1.165) is 10.2 Å². The number of allylic oxidation sites excluding steroid dienone is 1. The molecule has 0 radical (unpaired) electrons. The topological polar surface area (TPSA) is 68.5 Å². The zero-order valence-electron chi connectivity index (χ0n) is 15.0. The van der Waals surface area contributed by atoms with Gasteiger partial charge in [0, 0.05) is 18.0 Å². The molecule has 28 heavy (non-hydrogen) atoms. The van der Waals surface area contributed by atoms with E-state index in [1.165, 1.54) is 11.3 Å². The molecular weight excluding hydrogens is 416 g/mol. The number of sulfone groups is 1. The molecule has 0 N–H and O–H groups in total. The Kier molecular flexibility index (Phi) is 6.49. The van der Waals surface area contributed by atoms with Gasteiger partial charge >= 0.3 is 0 Å². The normalized spacial score (nSPS) is 12.4. The van der Waals surface area contributed by atoms with E-state index in [2.05, 4.69) is 11.6 Å². The molecule has 3 rings (SSSR count). The van der Waals surface area contributed by atoms with Crippen LogP contribution in [0.4, 0.5) is 0 Å². The van der Waals surface area contributed by atoms with Crippen LogP contribution in [0.15, 0.2) is 71.1 Å². The lowest BCUT2D eigenvalue weighted by Crippen LogP contribution is -2.16. The van der Waals surface area contributed by atoms with Crippen molar-refractivity contribution >= 4 is 48.9 Å². The molecule has 0 spiro atoms. The number of thiazole rings is 1. The van der Waals surface area contributed by atoms with Crippen molar-refractivity contribution in [2.24, 2.45) is 4.99 Å². The Morgan fingerprint density at radius 3 is 2.68 bits per heavy atom. The summed E-state index contributed by atoms with van der Waals surface area (Å²) in [6.07, 6.45) is 2.02. The molecule has 3 aromatic rings. The molecule has 8 heteroatoms. The van der Waals surface area contributed by atoms with Crippen LogP contribution in [-0.2, 0) is 21.2 Å². The maximum Gasteiger partial charge on any atom is 0.248 e. The zero-order valence-corrected chi connectivity index (χ0v) is 17.4. The second-order valence-corrected chi connectivity index (χ2v) is 9.69. The number of hydrogen-bond acceptors (Lipinski definition) is 4. The average molecular weight is 435 g/mol. The highest BCUT2D eigenvalue weighted by atomic mass is 35.5. The zero-order chi connectivity index (χ0) is 20.1. The summed E-state index contributed by atoms with van der Waals surface area (Å²) in [7, 11) is -3.40. The fourth-order valence-corrected chi connectivity index (χ4v) is 5.42. The number of aromatic nitrogens is 1. The van der Waals surface area contributed by atoms with E-state index in [1.54, 1.807) is 42.5 Å². The highest BCUT2D eigenvalue weighted by molar-refractivity contribution is 7.91. The number of nitrogens with zero attached hydrogens (tertiary/aromatic N) is 2. The van der Waals surface area contributed by atoms with Crippen LogP contribution in [-0.4, -0.2) is 24.6 Å². The van der Waals surface area contributed by atoms with Crippen LogP contribution in [0.2, 0.25) is 5.02 Å². The van der Waals surface area contributed by atoms with Crippen LogP contribution in [0.1, 0.15) is 12.8 Å². The molecule has 0 aliphatic rings. The minimum atomic E-state index is -3.40. The Morgan fingerprint density at radius 2 is 1.96 bits per heavy atom. The third-order valence-corrected chi connectivity index (χ3v) is 7.18. The summed E-state index contributed by atoms with van der Waals surface area (Å²) in [4.78, 5) is 17.3. The first-order valence-electron chi connectivity index (χ1n) is 8.66. The number of rotatable bonds is 7. The lowest BCUT2D eigenvalue weighted by molar-refractivity contribution is -0.118. The Hall–Kier alpha value is -2.22. The summed E-state index contributed by atoms with van der Waals surface area (Å²) in [6.45, 7) is 4.26. The Labute approximate surface area is 172 Å². The lowest BCUT2D eigenvalue weighted by atomic mass is 10.3. The van der Waals surface area contributed by atoms with E-state index in [4.69, 9.17) is 11.6 Å². The smallest absolute Gasteiger partial charge is 0.248 e. The summed E-state index contributed by atoms with van der Waals surface area (Å²) in [5.74, 6) is -0.439. The van der Waals surface area contributed by atoms with E-state index in [0.29, 0.717) is 16.4 Å². The van der Waals surface area contributed by atoms with E-state index in [9.17, 15) is 13.2 Å². The van der Waals surface area contributed by atoms with Gasteiger partial charge in [-0.2, -0.15) is 4.99 Å². The van der Waals surface area contributed by atoms with Gasteiger partial charge in [0.2, 0.25) is 5.91 Å². The van der Waals surface area contributed by atoms with Gasteiger partial charge in [-0.25, -0.2) is 8.42 Å². The van der Waals surface area contributed by atoms with Crippen LogP contribution >= 0.6 is 22.9 Å². The molecule has 5 nitrogen and oxygen atoms in total. The molecule has 0 saturated carbocycles. The van der Waals surface area contributed by atoms with Crippen LogP contribution in [0.3, 0.4) is 0 Å². The Morgan fingerprint density at radius 1 is 1.21 bits per heavy atom. The van der Waals surface area contributed by atoms with Gasteiger partial charge in [-0.15, -0.1) is 6.58 Å². The van der Waals surface area contributed by atoms with Gasteiger partial charge in [-0.05, 0) is 36.8 Å². The van der Waals surface area contributed by atoms with Gasteiger partial charge in [0.1, 0.15) is 0 Å². The summed E-state index contributed by atoms with van der Waals surface area (Å²) in [6, 6.07) is 13.7. The van der Waals surface area contributed by atoms with Crippen molar-refractivity contribution in [3.05, 3.63) is 71.0 Å². The highest BCUT2D eigenvalue weighted by Crippen LogP contribution is 2.22. The fraction of sp³-hybridized carbons (Fsp3) is 0.200. The third kappa shape index (κ3) is 4.79. The molecule has 146 valence electrons. The molecule has 0 saturated heterocycles. The maximum absolute atomic E-state index is 12.3. The molecule has 1 heterocycles. The number of carbonyl (C=O) groups is 1. The van der Waals surface area contributed by atoms with Gasteiger partial charge in [-0.1, -0.05) is 47.2 Å². The predicted molar refractivity (Wildman–Crippen MR) is 113 cm³/mol. The van der Waals surface area contributed by atoms with Crippen molar-refractivity contribution in [1.82, 2.24) is 4.57 Å². The molecular formula is C20H19ClN2O3S2. The minimum Gasteiger partial charge on any atom is -0.313 e. The molecule has 0 bridgehead atoms. The third-order valence-electron chi connectivity index (χ3n) is 4.08. The summed E-state index contributed by atoms with van der Waals surface area (Å²) in [5, 5.41) is 0.614. The molecule has 1 aromatic heterocycles. The lowest BCUT2D eigenvalue weighted by Gasteiger charge is -2.03. The van der Waals surface area contributed by atoms with Crippen LogP contribution in [0.5, 0.6) is 0 Å². The SMILES string of the molecule is C=CCn1c(=NC(=O)CCCS(=O)(=O)c2ccccc2)sc2cc(Cl)ccc21. The van der Waals surface area contributed by atoms with Crippen molar-refractivity contribution < 1.29 is 13.2 Å². The monoisotopic (exact) mass is 434 g/mol. The molecule has 0 fully saturated rings. The van der Waals surface area contributed by atoms with Gasteiger partial charge < -0.3 is 4.57 Å². The highest BCUT2D eigenvalue weighted by Gasteiger charge is 2.14. The second kappa shape index (κ2) is 8.86. The van der Waals surface area contributed by atoms with Crippen LogP contribution in [0.25, 0.3) is 10.2 Å².